The number of nitrogens with one attached hydrogen (secondary N) is 2. The molecule has 1 saturated heterocycles. The van der Waals surface area contributed by atoms with Crippen molar-refractivity contribution in [3.8, 4) is 0 Å². The van der Waals surface area contributed by atoms with Crippen molar-refractivity contribution in [2.75, 3.05) is 6.54 Å². The van der Waals surface area contributed by atoms with Crippen LogP contribution in [0.15, 0.2) is 25.3 Å². The SMILES string of the molecule is C=CCC(CC=C)C(=O)NC1CCNC(C)C1. The van der Waals surface area contributed by atoms with Gasteiger partial charge in [0, 0.05) is 18.0 Å². The predicted octanol–water partition coefficient (Wildman–Crippen LogP) is 2.01. The summed E-state index contributed by atoms with van der Waals surface area (Å²) in [6.45, 7) is 10.5. The van der Waals surface area contributed by atoms with Crippen LogP contribution in [0.1, 0.15) is 32.6 Å². The molecule has 0 aromatic rings. The van der Waals surface area contributed by atoms with E-state index in [4.69, 9.17) is 0 Å². The summed E-state index contributed by atoms with van der Waals surface area (Å²) >= 11 is 0. The van der Waals surface area contributed by atoms with Crippen LogP contribution in [-0.4, -0.2) is 24.5 Å². The van der Waals surface area contributed by atoms with Crippen LogP contribution in [0.25, 0.3) is 0 Å². The van der Waals surface area contributed by atoms with E-state index >= 15 is 0 Å². The summed E-state index contributed by atoms with van der Waals surface area (Å²) in [6.07, 6.45) is 7.08. The van der Waals surface area contributed by atoms with E-state index < -0.39 is 0 Å². The number of rotatable bonds is 6. The van der Waals surface area contributed by atoms with Gasteiger partial charge < -0.3 is 10.6 Å². The summed E-state index contributed by atoms with van der Waals surface area (Å²) in [7, 11) is 0. The number of piperidine rings is 1. The normalized spacial score (nSPS) is 24.4. The van der Waals surface area contributed by atoms with Crippen LogP contribution in [0.5, 0.6) is 0 Å². The fourth-order valence-corrected chi connectivity index (χ4v) is 2.29. The highest BCUT2D eigenvalue weighted by Crippen LogP contribution is 2.13. The molecule has 1 rings (SSSR count). The molecule has 1 heterocycles. The van der Waals surface area contributed by atoms with Crippen LogP contribution in [0.2, 0.25) is 0 Å². The second kappa shape index (κ2) is 7.28. The quantitative estimate of drug-likeness (QED) is 0.693. The number of hydrogen-bond acceptors (Lipinski definition) is 2. The molecule has 2 atom stereocenters. The Kier molecular flexibility index (Phi) is 5.98. The summed E-state index contributed by atoms with van der Waals surface area (Å²) in [5.41, 5.74) is 0. The molecule has 0 spiro atoms. The third kappa shape index (κ3) is 4.73. The van der Waals surface area contributed by atoms with Crippen LogP contribution in [0.3, 0.4) is 0 Å². The van der Waals surface area contributed by atoms with Gasteiger partial charge in [0.05, 0.1) is 0 Å². The van der Waals surface area contributed by atoms with Gasteiger partial charge >= 0.3 is 0 Å². The van der Waals surface area contributed by atoms with Crippen molar-refractivity contribution in [1.82, 2.24) is 10.6 Å². The van der Waals surface area contributed by atoms with Gasteiger partial charge in [-0.25, -0.2) is 0 Å². The number of carbonyl (C=O) groups excluding carboxylic acids is 1. The molecule has 0 bridgehead atoms. The molecule has 0 aromatic heterocycles. The summed E-state index contributed by atoms with van der Waals surface area (Å²) in [6, 6.07) is 0.808. The number of amides is 1. The second-order valence-electron chi connectivity index (χ2n) is 4.83. The average molecular weight is 236 g/mol. The Labute approximate surface area is 104 Å². The first-order chi connectivity index (χ1) is 8.17. The van der Waals surface area contributed by atoms with Crippen LogP contribution < -0.4 is 10.6 Å². The van der Waals surface area contributed by atoms with Gasteiger partial charge in [0.25, 0.3) is 0 Å². The molecule has 0 aliphatic carbocycles. The largest absolute Gasteiger partial charge is 0.353 e. The maximum absolute atomic E-state index is 12.1. The standard InChI is InChI=1S/C14H24N2O/c1-4-6-12(7-5-2)14(17)16-13-8-9-15-11(3)10-13/h4-5,11-13,15H,1-2,6-10H2,3H3,(H,16,17). The summed E-state index contributed by atoms with van der Waals surface area (Å²) < 4.78 is 0. The van der Waals surface area contributed by atoms with E-state index in [0.29, 0.717) is 12.1 Å². The fraction of sp³-hybridized carbons (Fsp3) is 0.643. The Morgan fingerprint density at radius 2 is 2.12 bits per heavy atom. The molecule has 0 saturated carbocycles. The van der Waals surface area contributed by atoms with Gasteiger partial charge in [-0.3, -0.25) is 4.79 Å². The van der Waals surface area contributed by atoms with Crippen LogP contribution in [-0.2, 0) is 4.79 Å². The molecule has 2 N–H and O–H groups in total. The molecular formula is C14H24N2O. The zero-order chi connectivity index (χ0) is 12.7. The van der Waals surface area contributed by atoms with Gasteiger partial charge in [-0.05, 0) is 39.2 Å². The van der Waals surface area contributed by atoms with Crippen molar-refractivity contribution in [3.63, 3.8) is 0 Å². The van der Waals surface area contributed by atoms with E-state index in [1.165, 1.54) is 0 Å². The second-order valence-corrected chi connectivity index (χ2v) is 4.83. The van der Waals surface area contributed by atoms with E-state index in [2.05, 4.69) is 30.7 Å². The molecule has 0 radical (unpaired) electrons. The Hall–Kier alpha value is -1.09. The molecule has 1 aliphatic rings. The molecule has 1 amide bonds. The molecular weight excluding hydrogens is 212 g/mol. The number of hydrogen-bond donors (Lipinski definition) is 2. The van der Waals surface area contributed by atoms with E-state index in [1.807, 2.05) is 0 Å². The molecule has 1 aliphatic heterocycles. The van der Waals surface area contributed by atoms with Crippen molar-refractivity contribution in [3.05, 3.63) is 25.3 Å². The van der Waals surface area contributed by atoms with Crippen LogP contribution in [0, 0.1) is 5.92 Å². The molecule has 2 unspecified atom stereocenters. The fourth-order valence-electron chi connectivity index (χ4n) is 2.29. The number of allylic oxidation sites excluding steroid dienone is 2. The van der Waals surface area contributed by atoms with E-state index in [1.54, 1.807) is 12.2 Å². The van der Waals surface area contributed by atoms with Crippen molar-refractivity contribution in [2.45, 2.75) is 44.7 Å². The smallest absolute Gasteiger partial charge is 0.223 e. The molecule has 1 fully saturated rings. The van der Waals surface area contributed by atoms with Crippen molar-refractivity contribution >= 4 is 5.91 Å². The molecule has 96 valence electrons. The Morgan fingerprint density at radius 1 is 1.47 bits per heavy atom. The maximum atomic E-state index is 12.1. The maximum Gasteiger partial charge on any atom is 0.223 e. The van der Waals surface area contributed by atoms with Crippen LogP contribution in [0.4, 0.5) is 0 Å². The molecule has 17 heavy (non-hydrogen) atoms. The zero-order valence-corrected chi connectivity index (χ0v) is 10.7. The summed E-state index contributed by atoms with van der Waals surface area (Å²) in [5.74, 6) is 0.138. The molecule has 3 heteroatoms. The molecule has 3 nitrogen and oxygen atoms in total. The zero-order valence-electron chi connectivity index (χ0n) is 10.7. The van der Waals surface area contributed by atoms with Crippen LogP contribution >= 0.6 is 0 Å². The third-order valence-corrected chi connectivity index (χ3v) is 3.24. The van der Waals surface area contributed by atoms with Crippen molar-refractivity contribution in [1.29, 1.82) is 0 Å². The first-order valence-electron chi connectivity index (χ1n) is 6.43. The lowest BCUT2D eigenvalue weighted by molar-refractivity contribution is -0.125. The van der Waals surface area contributed by atoms with Crippen molar-refractivity contribution < 1.29 is 4.79 Å². The highest BCUT2D eigenvalue weighted by atomic mass is 16.1. The molecule has 0 aromatic carbocycles. The predicted molar refractivity (Wildman–Crippen MR) is 71.7 cm³/mol. The highest BCUT2D eigenvalue weighted by Gasteiger charge is 2.23. The highest BCUT2D eigenvalue weighted by molar-refractivity contribution is 5.79. The first kappa shape index (κ1) is 14.0. The van der Waals surface area contributed by atoms with Gasteiger partial charge in [-0.1, -0.05) is 12.2 Å². The average Bonchev–Trinajstić information content (AvgIpc) is 2.28. The van der Waals surface area contributed by atoms with Gasteiger partial charge in [0.1, 0.15) is 0 Å². The van der Waals surface area contributed by atoms with Gasteiger partial charge in [-0.2, -0.15) is 0 Å². The van der Waals surface area contributed by atoms with E-state index in [0.717, 1.165) is 32.2 Å². The minimum atomic E-state index is -0.00445. The lowest BCUT2D eigenvalue weighted by atomic mass is 9.97. The number of carbonyl (C=O) groups is 1. The lowest BCUT2D eigenvalue weighted by Crippen LogP contribution is -2.48. The Balaban J connectivity index is 2.44. The first-order valence-corrected chi connectivity index (χ1v) is 6.43. The summed E-state index contributed by atoms with van der Waals surface area (Å²) in [5, 5.41) is 6.53. The summed E-state index contributed by atoms with van der Waals surface area (Å²) in [4.78, 5) is 12.1. The van der Waals surface area contributed by atoms with E-state index in [9.17, 15) is 4.79 Å². The van der Waals surface area contributed by atoms with Gasteiger partial charge in [-0.15, -0.1) is 13.2 Å². The Morgan fingerprint density at radius 3 is 2.65 bits per heavy atom. The van der Waals surface area contributed by atoms with E-state index in [-0.39, 0.29) is 11.8 Å². The Bertz CT molecular complexity index is 265. The minimum absolute atomic E-state index is 0.00445. The van der Waals surface area contributed by atoms with Crippen molar-refractivity contribution in [2.24, 2.45) is 5.92 Å². The monoisotopic (exact) mass is 236 g/mol. The van der Waals surface area contributed by atoms with Gasteiger partial charge in [0.2, 0.25) is 5.91 Å². The lowest BCUT2D eigenvalue weighted by Gasteiger charge is -2.29. The third-order valence-electron chi connectivity index (χ3n) is 3.24. The topological polar surface area (TPSA) is 41.1 Å². The van der Waals surface area contributed by atoms with Gasteiger partial charge in [0.15, 0.2) is 0 Å². The minimum Gasteiger partial charge on any atom is -0.353 e.